The zero-order valence-electron chi connectivity index (χ0n) is 10.5. The van der Waals surface area contributed by atoms with Crippen LogP contribution in [0.1, 0.15) is 12.8 Å². The smallest absolute Gasteiger partial charge is 0.109 e. The van der Waals surface area contributed by atoms with E-state index in [0.29, 0.717) is 32.5 Å². The van der Waals surface area contributed by atoms with Gasteiger partial charge in [-0.15, -0.1) is 0 Å². The minimum atomic E-state index is 0.0663. The van der Waals surface area contributed by atoms with Crippen molar-refractivity contribution in [3.05, 3.63) is 0 Å². The molecule has 2 unspecified atom stereocenters. The number of nitrogens with one attached hydrogen (secondary N) is 1. The van der Waals surface area contributed by atoms with Crippen LogP contribution >= 0.6 is 0 Å². The number of piperidine rings is 1. The van der Waals surface area contributed by atoms with Gasteiger partial charge in [-0.3, -0.25) is 0 Å². The van der Waals surface area contributed by atoms with Crippen LogP contribution in [-0.4, -0.2) is 64.9 Å². The summed E-state index contributed by atoms with van der Waals surface area (Å²) in [4.78, 5) is 0. The zero-order chi connectivity index (χ0) is 11.9. The molecule has 5 nitrogen and oxygen atoms in total. The van der Waals surface area contributed by atoms with Gasteiger partial charge in [0.1, 0.15) is 12.2 Å². The number of hydrogen-bond acceptors (Lipinski definition) is 5. The van der Waals surface area contributed by atoms with Crippen LogP contribution < -0.4 is 5.32 Å². The molecule has 0 amide bonds. The minimum absolute atomic E-state index is 0.0663. The van der Waals surface area contributed by atoms with Crippen LogP contribution in [0.2, 0.25) is 0 Å². The molecule has 0 aromatic carbocycles. The van der Waals surface area contributed by atoms with Gasteiger partial charge in [0.2, 0.25) is 0 Å². The van der Waals surface area contributed by atoms with Gasteiger partial charge in [0.25, 0.3) is 0 Å². The maximum atomic E-state index is 5.76. The molecule has 0 aromatic heterocycles. The summed E-state index contributed by atoms with van der Waals surface area (Å²) in [6, 6.07) is 0. The molecular formula is C12H23NO4. The first-order valence-corrected chi connectivity index (χ1v) is 6.44. The molecule has 1 N–H and O–H groups in total. The molecule has 2 heterocycles. The van der Waals surface area contributed by atoms with Gasteiger partial charge < -0.3 is 24.3 Å². The molecule has 2 aliphatic heterocycles. The van der Waals surface area contributed by atoms with Crippen LogP contribution in [0.15, 0.2) is 0 Å². The normalized spacial score (nSPS) is 30.9. The van der Waals surface area contributed by atoms with Crippen LogP contribution in [0.25, 0.3) is 0 Å². The monoisotopic (exact) mass is 245 g/mol. The first-order valence-electron chi connectivity index (χ1n) is 6.44. The SMILES string of the molecule is COC1COCC1OCCOC1CCNCC1. The Morgan fingerprint density at radius 1 is 1.06 bits per heavy atom. The lowest BCUT2D eigenvalue weighted by Gasteiger charge is -2.23. The van der Waals surface area contributed by atoms with E-state index in [-0.39, 0.29) is 12.2 Å². The second-order valence-corrected chi connectivity index (χ2v) is 4.54. The van der Waals surface area contributed by atoms with E-state index in [1.165, 1.54) is 0 Å². The van der Waals surface area contributed by atoms with Crippen molar-refractivity contribution in [1.82, 2.24) is 5.32 Å². The standard InChI is InChI=1S/C12H23NO4/c1-14-11-8-15-9-12(11)17-7-6-16-10-2-4-13-5-3-10/h10-13H,2-9H2,1H3. The Labute approximate surface area is 103 Å². The highest BCUT2D eigenvalue weighted by Gasteiger charge is 2.28. The van der Waals surface area contributed by atoms with Crippen molar-refractivity contribution in [3.63, 3.8) is 0 Å². The highest BCUT2D eigenvalue weighted by atomic mass is 16.6. The van der Waals surface area contributed by atoms with Crippen LogP contribution in [0, 0.1) is 0 Å². The van der Waals surface area contributed by atoms with Gasteiger partial charge in [-0.1, -0.05) is 0 Å². The maximum absolute atomic E-state index is 5.76. The van der Waals surface area contributed by atoms with E-state index in [2.05, 4.69) is 5.32 Å². The molecule has 2 fully saturated rings. The molecule has 17 heavy (non-hydrogen) atoms. The minimum Gasteiger partial charge on any atom is -0.376 e. The molecule has 0 bridgehead atoms. The lowest BCUT2D eigenvalue weighted by molar-refractivity contribution is -0.0621. The zero-order valence-corrected chi connectivity index (χ0v) is 10.5. The Morgan fingerprint density at radius 3 is 2.53 bits per heavy atom. The molecular weight excluding hydrogens is 222 g/mol. The molecule has 0 aliphatic carbocycles. The predicted octanol–water partition coefficient (Wildman–Crippen LogP) is 0.185. The van der Waals surface area contributed by atoms with Crippen LogP contribution in [0.5, 0.6) is 0 Å². The Kier molecular flexibility index (Phi) is 5.67. The third kappa shape index (κ3) is 4.19. The number of hydrogen-bond donors (Lipinski definition) is 1. The highest BCUT2D eigenvalue weighted by Crippen LogP contribution is 2.13. The van der Waals surface area contributed by atoms with Gasteiger partial charge in [-0.05, 0) is 25.9 Å². The van der Waals surface area contributed by atoms with Crippen molar-refractivity contribution < 1.29 is 18.9 Å². The average Bonchev–Trinajstić information content (AvgIpc) is 2.83. The first-order chi connectivity index (χ1) is 8.40. The van der Waals surface area contributed by atoms with Gasteiger partial charge in [0.15, 0.2) is 0 Å². The fourth-order valence-corrected chi connectivity index (χ4v) is 2.27. The average molecular weight is 245 g/mol. The van der Waals surface area contributed by atoms with Crippen LogP contribution in [0.4, 0.5) is 0 Å². The van der Waals surface area contributed by atoms with Gasteiger partial charge in [-0.25, -0.2) is 0 Å². The summed E-state index contributed by atoms with van der Waals surface area (Å²) in [6.45, 7) is 4.68. The Hall–Kier alpha value is -0.200. The molecule has 2 saturated heterocycles. The molecule has 0 radical (unpaired) electrons. The number of rotatable bonds is 6. The molecule has 100 valence electrons. The van der Waals surface area contributed by atoms with E-state index >= 15 is 0 Å². The largest absolute Gasteiger partial charge is 0.376 e. The topological polar surface area (TPSA) is 49.0 Å². The lowest BCUT2D eigenvalue weighted by Crippen LogP contribution is -2.34. The first kappa shape index (κ1) is 13.2. The van der Waals surface area contributed by atoms with Crippen LogP contribution in [-0.2, 0) is 18.9 Å². The number of ether oxygens (including phenoxy) is 4. The van der Waals surface area contributed by atoms with Crippen molar-refractivity contribution in [2.75, 3.05) is 46.6 Å². The summed E-state index contributed by atoms with van der Waals surface area (Å²) in [7, 11) is 1.70. The summed E-state index contributed by atoms with van der Waals surface area (Å²) in [6.07, 6.45) is 2.75. The van der Waals surface area contributed by atoms with Gasteiger partial charge in [0, 0.05) is 7.11 Å². The summed E-state index contributed by atoms with van der Waals surface area (Å²) >= 11 is 0. The highest BCUT2D eigenvalue weighted by molar-refractivity contribution is 4.76. The van der Waals surface area contributed by atoms with Crippen molar-refractivity contribution >= 4 is 0 Å². The number of methoxy groups -OCH3 is 1. The van der Waals surface area contributed by atoms with E-state index in [1.807, 2.05) is 0 Å². The second-order valence-electron chi connectivity index (χ2n) is 4.54. The van der Waals surface area contributed by atoms with E-state index in [4.69, 9.17) is 18.9 Å². The maximum Gasteiger partial charge on any atom is 0.109 e. The summed E-state index contributed by atoms with van der Waals surface area (Å²) in [5.41, 5.74) is 0. The molecule has 2 rings (SSSR count). The fourth-order valence-electron chi connectivity index (χ4n) is 2.27. The Morgan fingerprint density at radius 2 is 1.76 bits per heavy atom. The van der Waals surface area contributed by atoms with Crippen molar-refractivity contribution in [3.8, 4) is 0 Å². The van der Waals surface area contributed by atoms with Crippen molar-refractivity contribution in [2.45, 2.75) is 31.2 Å². The molecule has 5 heteroatoms. The van der Waals surface area contributed by atoms with E-state index < -0.39 is 0 Å². The van der Waals surface area contributed by atoms with E-state index in [0.717, 1.165) is 25.9 Å². The summed E-state index contributed by atoms with van der Waals surface area (Å²) < 4.78 is 22.1. The van der Waals surface area contributed by atoms with Crippen molar-refractivity contribution in [1.29, 1.82) is 0 Å². The fraction of sp³-hybridized carbons (Fsp3) is 1.00. The summed E-state index contributed by atoms with van der Waals surface area (Å²) in [5, 5.41) is 3.32. The molecule has 0 saturated carbocycles. The molecule has 2 aliphatic rings. The predicted molar refractivity (Wildman–Crippen MR) is 63.2 cm³/mol. The third-order valence-corrected chi connectivity index (χ3v) is 3.34. The van der Waals surface area contributed by atoms with Crippen LogP contribution in [0.3, 0.4) is 0 Å². The van der Waals surface area contributed by atoms with Crippen molar-refractivity contribution in [2.24, 2.45) is 0 Å². The molecule has 0 spiro atoms. The van der Waals surface area contributed by atoms with E-state index in [1.54, 1.807) is 7.11 Å². The van der Waals surface area contributed by atoms with Gasteiger partial charge in [0.05, 0.1) is 32.5 Å². The quantitative estimate of drug-likeness (QED) is 0.677. The second kappa shape index (κ2) is 7.28. The van der Waals surface area contributed by atoms with Gasteiger partial charge in [-0.2, -0.15) is 0 Å². The van der Waals surface area contributed by atoms with E-state index in [9.17, 15) is 0 Å². The Balaban J connectivity index is 1.53. The third-order valence-electron chi connectivity index (χ3n) is 3.34. The molecule has 0 aromatic rings. The lowest BCUT2D eigenvalue weighted by atomic mass is 10.1. The van der Waals surface area contributed by atoms with Gasteiger partial charge >= 0.3 is 0 Å². The Bertz CT molecular complexity index is 209. The molecule has 2 atom stereocenters. The summed E-state index contributed by atoms with van der Waals surface area (Å²) in [5.74, 6) is 0.